The summed E-state index contributed by atoms with van der Waals surface area (Å²) in [5.41, 5.74) is -2.26. The Kier molecular flexibility index (Phi) is 11.0. The molecule has 1 saturated heterocycles. The van der Waals surface area contributed by atoms with Crippen LogP contribution in [-0.2, 0) is 34.1 Å². The molecule has 3 atom stereocenters. The van der Waals surface area contributed by atoms with Crippen molar-refractivity contribution < 1.29 is 36.5 Å². The topological polar surface area (TPSA) is 175 Å². The van der Waals surface area contributed by atoms with Gasteiger partial charge in [0.1, 0.15) is 29.6 Å². The lowest BCUT2D eigenvalue weighted by atomic mass is 9.80. The second-order valence-electron chi connectivity index (χ2n) is 13.9. The Balaban J connectivity index is 1.43. The fourth-order valence-corrected chi connectivity index (χ4v) is 7.53. The van der Waals surface area contributed by atoms with Crippen molar-refractivity contribution in [2.45, 2.75) is 68.6 Å². The molecule has 0 aliphatic carbocycles. The first-order valence-electron chi connectivity index (χ1n) is 17.3. The Morgan fingerprint density at radius 2 is 1.36 bits per heavy atom. The normalized spacial score (nSPS) is 17.5. The number of benzene rings is 4. The van der Waals surface area contributed by atoms with Gasteiger partial charge in [-0.2, -0.15) is 13.0 Å². The monoisotopic (exact) mass is 769 g/mol. The first kappa shape index (κ1) is 39.0. The Bertz CT molecular complexity index is 2300. The number of ether oxygens (including phenoxy) is 3. The Morgan fingerprint density at radius 1 is 0.855 bits per heavy atom. The van der Waals surface area contributed by atoms with Gasteiger partial charge in [0.15, 0.2) is 0 Å². The van der Waals surface area contributed by atoms with Crippen molar-refractivity contribution in [3.05, 3.63) is 175 Å². The molecule has 0 amide bonds. The Morgan fingerprint density at radius 3 is 1.84 bits per heavy atom. The van der Waals surface area contributed by atoms with Crippen LogP contribution in [0.1, 0.15) is 55.7 Å². The van der Waals surface area contributed by atoms with Crippen molar-refractivity contribution in [2.24, 2.45) is 0 Å². The number of hydrogen-bond donors (Lipinski definition) is 0. The molecule has 2 heterocycles. The van der Waals surface area contributed by atoms with Gasteiger partial charge in [-0.15, -0.1) is 0 Å². The standard InChI is InChI=1S/C40H39N3O11S/c1-27-25-41(37(45)42(36(27)44)38(46)53-39(2,3)4)35-24-33(54-55(49,50)32-22-20-31(21-23-32)43(47)48)34(52-35)26-51-40(28-14-8-5-9-15-28,29-16-10-6-11-17-29)30-18-12-7-13-19-30/h5-23,25,33-35H,24,26H2,1-4H3/t33-,34+,35+/m0/s1. The fraction of sp³-hybridized carbons (Fsp3) is 0.275. The summed E-state index contributed by atoms with van der Waals surface area (Å²) < 4.78 is 53.3. The van der Waals surface area contributed by atoms with Crippen molar-refractivity contribution in [1.82, 2.24) is 9.13 Å². The van der Waals surface area contributed by atoms with Gasteiger partial charge < -0.3 is 14.2 Å². The predicted molar refractivity (Wildman–Crippen MR) is 200 cm³/mol. The second kappa shape index (κ2) is 15.5. The van der Waals surface area contributed by atoms with E-state index < -0.39 is 62.0 Å². The Hall–Kier alpha value is -5.74. The zero-order valence-electron chi connectivity index (χ0n) is 30.4. The van der Waals surface area contributed by atoms with Crippen LogP contribution in [0.4, 0.5) is 10.5 Å². The van der Waals surface area contributed by atoms with Gasteiger partial charge in [0.2, 0.25) is 0 Å². The van der Waals surface area contributed by atoms with Crippen molar-refractivity contribution in [1.29, 1.82) is 0 Å². The average molecular weight is 770 g/mol. The van der Waals surface area contributed by atoms with Gasteiger partial charge in [-0.3, -0.25) is 23.7 Å². The Labute approximate surface area is 316 Å². The maximum atomic E-state index is 13.8. The number of hydrogen-bond acceptors (Lipinski definition) is 11. The van der Waals surface area contributed by atoms with Crippen molar-refractivity contribution >= 4 is 21.9 Å². The van der Waals surface area contributed by atoms with E-state index >= 15 is 0 Å². The minimum atomic E-state index is -4.58. The molecule has 1 aliphatic heterocycles. The quantitative estimate of drug-likeness (QED) is 0.0659. The van der Waals surface area contributed by atoms with Crippen molar-refractivity contribution in [3.63, 3.8) is 0 Å². The van der Waals surface area contributed by atoms with Gasteiger partial charge in [0.25, 0.3) is 21.4 Å². The number of carbonyl (C=O) groups excluding carboxylic acids is 1. The maximum Gasteiger partial charge on any atom is 0.425 e. The zero-order valence-corrected chi connectivity index (χ0v) is 31.3. The molecular weight excluding hydrogens is 731 g/mol. The number of rotatable bonds is 11. The first-order valence-corrected chi connectivity index (χ1v) is 18.7. The van der Waals surface area contributed by atoms with Gasteiger partial charge in [-0.1, -0.05) is 91.0 Å². The zero-order chi connectivity index (χ0) is 39.5. The summed E-state index contributed by atoms with van der Waals surface area (Å²) in [4.78, 5) is 50.2. The lowest BCUT2D eigenvalue weighted by Gasteiger charge is -2.37. The van der Waals surface area contributed by atoms with E-state index in [0.717, 1.165) is 45.5 Å². The molecule has 286 valence electrons. The molecule has 0 bridgehead atoms. The fourth-order valence-electron chi connectivity index (χ4n) is 6.42. The SMILES string of the molecule is Cc1cn([C@H]2C[C@H](OS(=O)(=O)c3ccc([N+](=O)[O-])cc3)[C@@H](COC(c3ccccc3)(c3ccccc3)c3ccccc3)O2)c(=O)n(C(=O)OC(C)(C)C)c1=O. The van der Waals surface area contributed by atoms with E-state index in [-0.39, 0.29) is 29.2 Å². The van der Waals surface area contributed by atoms with E-state index in [1.165, 1.54) is 13.1 Å². The smallest absolute Gasteiger partial charge is 0.425 e. The minimum absolute atomic E-state index is 0.0148. The summed E-state index contributed by atoms with van der Waals surface area (Å²) >= 11 is 0. The van der Waals surface area contributed by atoms with Gasteiger partial charge >= 0.3 is 11.8 Å². The lowest BCUT2D eigenvalue weighted by Crippen LogP contribution is -2.47. The van der Waals surface area contributed by atoms with Gasteiger partial charge in [-0.25, -0.2) is 9.59 Å². The van der Waals surface area contributed by atoms with Crippen molar-refractivity contribution in [2.75, 3.05) is 6.61 Å². The number of nitro groups is 1. The van der Waals surface area contributed by atoms with E-state index in [4.69, 9.17) is 18.4 Å². The molecule has 4 aromatic carbocycles. The molecule has 0 N–H and O–H groups in total. The van der Waals surface area contributed by atoms with Crippen LogP contribution < -0.4 is 11.2 Å². The highest BCUT2D eigenvalue weighted by atomic mass is 32.2. The van der Waals surface area contributed by atoms with Gasteiger partial charge in [-0.05, 0) is 56.5 Å². The predicted octanol–water partition coefficient (Wildman–Crippen LogP) is 6.08. The number of carbonyl (C=O) groups is 1. The summed E-state index contributed by atoms with van der Waals surface area (Å²) in [6, 6.07) is 32.5. The number of nitrogens with zero attached hydrogens (tertiary/aromatic N) is 3. The van der Waals surface area contributed by atoms with Crippen LogP contribution in [0.2, 0.25) is 0 Å². The van der Waals surface area contributed by atoms with Crippen LogP contribution in [0.15, 0.2) is 136 Å². The first-order chi connectivity index (χ1) is 26.1. The third-order valence-electron chi connectivity index (χ3n) is 8.94. The van der Waals surface area contributed by atoms with E-state index in [9.17, 15) is 32.9 Å². The van der Waals surface area contributed by atoms with E-state index in [0.29, 0.717) is 4.57 Å². The number of aromatic nitrogens is 2. The van der Waals surface area contributed by atoms with Crippen molar-refractivity contribution in [3.8, 4) is 0 Å². The summed E-state index contributed by atoms with van der Waals surface area (Å²) in [6.45, 7) is 5.89. The molecule has 1 aromatic heterocycles. The van der Waals surface area contributed by atoms with E-state index in [1.807, 2.05) is 91.0 Å². The lowest BCUT2D eigenvalue weighted by molar-refractivity contribution is -0.384. The molecule has 5 aromatic rings. The summed E-state index contributed by atoms with van der Waals surface area (Å²) in [6.07, 6.45) is -3.91. The average Bonchev–Trinajstić information content (AvgIpc) is 3.55. The van der Waals surface area contributed by atoms with Gasteiger partial charge in [0.05, 0.1) is 16.4 Å². The molecule has 55 heavy (non-hydrogen) atoms. The number of aryl methyl sites for hydroxylation is 1. The molecule has 14 nitrogen and oxygen atoms in total. The maximum absolute atomic E-state index is 13.8. The van der Waals surface area contributed by atoms with Gasteiger partial charge in [0, 0.05) is 30.3 Å². The number of nitro benzene ring substituents is 1. The summed E-state index contributed by atoms with van der Waals surface area (Å²) in [5, 5.41) is 11.2. The molecule has 0 radical (unpaired) electrons. The molecule has 6 rings (SSSR count). The van der Waals surface area contributed by atoms with Crippen LogP contribution in [0.25, 0.3) is 0 Å². The summed E-state index contributed by atoms with van der Waals surface area (Å²) in [7, 11) is -4.58. The van der Waals surface area contributed by atoms with Crippen LogP contribution in [0, 0.1) is 17.0 Å². The highest BCUT2D eigenvalue weighted by Gasteiger charge is 2.45. The minimum Gasteiger partial charge on any atom is -0.443 e. The van der Waals surface area contributed by atoms with E-state index in [2.05, 4.69) is 0 Å². The molecular formula is C40H39N3O11S. The molecule has 0 unspecified atom stereocenters. The number of non-ortho nitro benzene ring substituents is 1. The molecule has 15 heteroatoms. The third-order valence-corrected chi connectivity index (χ3v) is 10.3. The van der Waals surface area contributed by atoms with Crippen LogP contribution in [0.3, 0.4) is 0 Å². The second-order valence-corrected chi connectivity index (χ2v) is 15.5. The summed E-state index contributed by atoms with van der Waals surface area (Å²) in [5.74, 6) is 0. The molecule has 1 aliphatic rings. The van der Waals surface area contributed by atoms with Crippen LogP contribution in [-0.4, -0.2) is 53.0 Å². The highest BCUT2D eigenvalue weighted by molar-refractivity contribution is 7.86. The molecule has 1 fully saturated rings. The van der Waals surface area contributed by atoms with E-state index in [1.54, 1.807) is 20.8 Å². The largest absolute Gasteiger partial charge is 0.443 e. The van der Waals surface area contributed by atoms with Crippen LogP contribution in [0.5, 0.6) is 0 Å². The third kappa shape index (κ3) is 8.19. The van der Waals surface area contributed by atoms with Crippen LogP contribution >= 0.6 is 0 Å². The molecule has 0 spiro atoms. The molecule has 0 saturated carbocycles. The highest BCUT2D eigenvalue weighted by Crippen LogP contribution is 2.42.